The summed E-state index contributed by atoms with van der Waals surface area (Å²) in [7, 11) is -2.18. The zero-order chi connectivity index (χ0) is 20.9. The second-order valence-electron chi connectivity index (χ2n) is 6.54. The van der Waals surface area contributed by atoms with Crippen LogP contribution in [0.3, 0.4) is 0 Å². The van der Waals surface area contributed by atoms with Gasteiger partial charge in [-0.15, -0.1) is 0 Å². The molecule has 0 unspecified atom stereocenters. The van der Waals surface area contributed by atoms with E-state index in [1.54, 1.807) is 12.1 Å². The number of aromatic nitrogens is 2. The van der Waals surface area contributed by atoms with Crippen LogP contribution in [-0.2, 0) is 23.0 Å². The van der Waals surface area contributed by atoms with Crippen molar-refractivity contribution in [2.45, 2.75) is 22.6 Å². The Morgan fingerprint density at radius 3 is 2.21 bits per heavy atom. The molecule has 0 saturated heterocycles. The molecule has 150 valence electrons. The van der Waals surface area contributed by atoms with E-state index in [9.17, 15) is 13.0 Å². The normalized spacial score (nSPS) is 11.1. The Bertz CT molecular complexity index is 1190. The molecular formula is C22H22N2O3S2. The summed E-state index contributed by atoms with van der Waals surface area (Å²) in [5, 5.41) is 0. The van der Waals surface area contributed by atoms with Crippen molar-refractivity contribution >= 4 is 32.9 Å². The first-order valence-electron chi connectivity index (χ1n) is 8.98. The highest BCUT2D eigenvalue weighted by molar-refractivity contribution is 7.98. The third kappa shape index (κ3) is 5.69. The van der Waals surface area contributed by atoms with Crippen molar-refractivity contribution in [3.05, 3.63) is 90.8 Å². The number of aryl methyl sites for hydroxylation is 2. The third-order valence-electron chi connectivity index (χ3n) is 4.31. The second-order valence-corrected chi connectivity index (χ2v) is 8.94. The van der Waals surface area contributed by atoms with Crippen LogP contribution in [0.5, 0.6) is 0 Å². The summed E-state index contributed by atoms with van der Waals surface area (Å²) in [6.45, 7) is 1.82. The van der Waals surface area contributed by atoms with Crippen molar-refractivity contribution in [3.63, 3.8) is 0 Å². The Morgan fingerprint density at radius 2 is 1.55 bits per heavy atom. The summed E-state index contributed by atoms with van der Waals surface area (Å²) in [5.41, 5.74) is 3.48. The number of hydrogen-bond acceptors (Lipinski definition) is 4. The number of hydrogen-bond donors (Lipinski definition) is 0. The molecule has 0 saturated carbocycles. The Hall–Kier alpha value is -2.61. The minimum Gasteiger partial charge on any atom is -0.744 e. The summed E-state index contributed by atoms with van der Waals surface area (Å²) < 4.78 is 35.6. The highest BCUT2D eigenvalue weighted by atomic mass is 32.2. The number of rotatable bonds is 4. The molecule has 0 bridgehead atoms. The predicted molar refractivity (Wildman–Crippen MR) is 115 cm³/mol. The van der Waals surface area contributed by atoms with Crippen LogP contribution < -0.4 is 4.57 Å². The van der Waals surface area contributed by atoms with Gasteiger partial charge in [-0.2, -0.15) is 0 Å². The summed E-state index contributed by atoms with van der Waals surface area (Å²) in [5.74, 6) is 0.936. The molecule has 29 heavy (non-hydrogen) atoms. The topological polar surface area (TPSA) is 66.0 Å². The maximum atomic E-state index is 10.4. The van der Waals surface area contributed by atoms with Crippen molar-refractivity contribution in [2.75, 3.05) is 0 Å². The van der Waals surface area contributed by atoms with Gasteiger partial charge in [-0.05, 0) is 43.3 Å². The number of benzene rings is 3. The van der Waals surface area contributed by atoms with Gasteiger partial charge in [0.15, 0.2) is 11.0 Å². The lowest BCUT2D eigenvalue weighted by Gasteiger charge is -2.05. The zero-order valence-electron chi connectivity index (χ0n) is 16.2. The molecule has 3 aromatic carbocycles. The van der Waals surface area contributed by atoms with E-state index in [2.05, 4.69) is 77.1 Å². The van der Waals surface area contributed by atoms with Crippen LogP contribution in [0.15, 0.2) is 95.0 Å². The minimum absolute atomic E-state index is 0.178. The smallest absolute Gasteiger partial charge is 0.245 e. The summed E-state index contributed by atoms with van der Waals surface area (Å²) >= 11 is 1.85. The average molecular weight is 427 g/mol. The van der Waals surface area contributed by atoms with Crippen LogP contribution in [0.2, 0.25) is 0 Å². The number of imidazole rings is 1. The Labute approximate surface area is 175 Å². The van der Waals surface area contributed by atoms with Gasteiger partial charge in [0.05, 0.1) is 11.9 Å². The molecule has 0 amide bonds. The van der Waals surface area contributed by atoms with Crippen molar-refractivity contribution in [3.8, 4) is 0 Å². The molecule has 4 aromatic rings. The van der Waals surface area contributed by atoms with Gasteiger partial charge >= 0.3 is 0 Å². The fourth-order valence-corrected chi connectivity index (χ4v) is 4.12. The van der Waals surface area contributed by atoms with Gasteiger partial charge in [0.2, 0.25) is 6.33 Å². The molecule has 4 rings (SSSR count). The number of para-hydroxylation sites is 2. The highest BCUT2D eigenvalue weighted by Gasteiger charge is 2.11. The predicted octanol–water partition coefficient (Wildman–Crippen LogP) is 4.11. The lowest BCUT2D eigenvalue weighted by Crippen LogP contribution is -2.25. The van der Waals surface area contributed by atoms with Crippen molar-refractivity contribution in [1.29, 1.82) is 0 Å². The van der Waals surface area contributed by atoms with Crippen molar-refractivity contribution in [1.82, 2.24) is 4.57 Å². The number of fused-ring (bicyclic) bond motifs is 1. The minimum atomic E-state index is -4.27. The molecule has 0 aliphatic carbocycles. The van der Waals surface area contributed by atoms with E-state index in [0.717, 1.165) is 11.4 Å². The fourth-order valence-electron chi connectivity index (χ4n) is 2.81. The van der Waals surface area contributed by atoms with Crippen molar-refractivity contribution < 1.29 is 17.5 Å². The first-order valence-corrected chi connectivity index (χ1v) is 11.4. The molecule has 1 aromatic heterocycles. The molecule has 0 aliphatic rings. The summed E-state index contributed by atoms with van der Waals surface area (Å²) in [4.78, 5) is 1.13. The number of thioether (sulfide) groups is 1. The monoisotopic (exact) mass is 426 g/mol. The molecule has 0 fully saturated rings. The Kier molecular flexibility index (Phi) is 6.74. The molecule has 0 N–H and O–H groups in total. The maximum Gasteiger partial charge on any atom is 0.245 e. The van der Waals surface area contributed by atoms with Crippen LogP contribution in [0.1, 0.15) is 5.56 Å². The number of nitrogens with zero attached hydrogens (tertiary/aromatic N) is 2. The van der Waals surface area contributed by atoms with Gasteiger partial charge in [0, 0.05) is 4.90 Å². The average Bonchev–Trinajstić information content (AvgIpc) is 3.03. The lowest BCUT2D eigenvalue weighted by molar-refractivity contribution is -0.645. The molecule has 0 atom stereocenters. The molecule has 7 heteroatoms. The van der Waals surface area contributed by atoms with Crippen LogP contribution in [0.25, 0.3) is 11.0 Å². The SMILES string of the molecule is C[n+]1cn(CSc2ccccc2)c2ccccc21.Cc1ccc(S(=O)(=O)[O-])cc1. The molecule has 1 heterocycles. The van der Waals surface area contributed by atoms with Crippen molar-refractivity contribution in [2.24, 2.45) is 7.05 Å². The fraction of sp³-hybridized carbons (Fsp3) is 0.136. The van der Waals surface area contributed by atoms with E-state index >= 15 is 0 Å². The van der Waals surface area contributed by atoms with Crippen LogP contribution in [0.4, 0.5) is 0 Å². The quantitative estimate of drug-likeness (QED) is 0.280. The molecule has 5 nitrogen and oxygen atoms in total. The Balaban J connectivity index is 0.000000188. The molecular weight excluding hydrogens is 404 g/mol. The highest BCUT2D eigenvalue weighted by Crippen LogP contribution is 2.21. The third-order valence-corrected chi connectivity index (χ3v) is 6.17. The molecule has 0 radical (unpaired) electrons. The summed E-state index contributed by atoms with van der Waals surface area (Å²) in [6.07, 6.45) is 2.15. The van der Waals surface area contributed by atoms with Gasteiger partial charge in [0.25, 0.3) is 0 Å². The second kappa shape index (κ2) is 9.26. The van der Waals surface area contributed by atoms with Gasteiger partial charge in [-0.3, -0.25) is 0 Å². The van der Waals surface area contributed by atoms with Crippen LogP contribution in [0, 0.1) is 6.92 Å². The van der Waals surface area contributed by atoms with Gasteiger partial charge in [-0.25, -0.2) is 17.6 Å². The van der Waals surface area contributed by atoms with E-state index in [1.165, 1.54) is 28.1 Å². The van der Waals surface area contributed by atoms with E-state index in [4.69, 9.17) is 0 Å². The standard InChI is InChI=1S/C15H15N2S.C7H8O3S/c1-16-11-17(15-10-6-5-9-14(15)16)12-18-13-7-3-2-4-8-13;1-6-2-4-7(5-3-6)11(8,9)10/h2-11H,12H2,1H3;2-5H,1H3,(H,8,9,10)/q+1;/p-1. The first kappa shape index (κ1) is 21.1. The maximum absolute atomic E-state index is 10.4. The first-order chi connectivity index (χ1) is 13.8. The zero-order valence-corrected chi connectivity index (χ0v) is 17.9. The van der Waals surface area contributed by atoms with E-state index in [-0.39, 0.29) is 4.90 Å². The molecule has 0 aliphatic heterocycles. The van der Waals surface area contributed by atoms with E-state index in [1.807, 2.05) is 18.7 Å². The lowest BCUT2D eigenvalue weighted by atomic mass is 10.2. The van der Waals surface area contributed by atoms with E-state index in [0.29, 0.717) is 0 Å². The summed E-state index contributed by atoms with van der Waals surface area (Å²) in [6, 6.07) is 24.8. The van der Waals surface area contributed by atoms with Gasteiger partial charge in [0.1, 0.15) is 16.0 Å². The van der Waals surface area contributed by atoms with Gasteiger partial charge < -0.3 is 4.55 Å². The molecule has 0 spiro atoms. The largest absolute Gasteiger partial charge is 0.744 e. The Morgan fingerprint density at radius 1 is 0.931 bits per heavy atom. The van der Waals surface area contributed by atoms with Crippen LogP contribution in [-0.4, -0.2) is 17.5 Å². The van der Waals surface area contributed by atoms with E-state index < -0.39 is 10.1 Å². The van der Waals surface area contributed by atoms with Gasteiger partial charge in [-0.1, -0.05) is 59.8 Å². The van der Waals surface area contributed by atoms with Crippen LogP contribution >= 0.6 is 11.8 Å².